The van der Waals surface area contributed by atoms with Crippen LogP contribution in [0.25, 0.3) is 17.1 Å². The lowest BCUT2D eigenvalue weighted by Gasteiger charge is -2.17. The zero-order valence-electron chi connectivity index (χ0n) is 17.8. The van der Waals surface area contributed by atoms with E-state index >= 15 is 0 Å². The number of thioether (sulfide) groups is 1. The Morgan fingerprint density at radius 2 is 1.71 bits per heavy atom. The van der Waals surface area contributed by atoms with Gasteiger partial charge in [-0.1, -0.05) is 59.8 Å². The third-order valence-electron chi connectivity index (χ3n) is 5.02. The standard InChI is InChI=1S/C24H18ClF3N4OS/c1-31(17-9-3-2-4-10-17)21(33)15-34-23-30-29-22(19-12-5-6-13-20(19)25)32(23)18-11-7-8-16(14-18)24(26,27)28/h2-14H,15H2,1H3. The van der Waals surface area contributed by atoms with Crippen LogP contribution in [0.4, 0.5) is 18.9 Å². The number of alkyl halides is 3. The summed E-state index contributed by atoms with van der Waals surface area (Å²) in [6, 6.07) is 20.8. The molecule has 0 spiro atoms. The average Bonchev–Trinajstić information content (AvgIpc) is 3.26. The maximum atomic E-state index is 13.4. The Labute approximate surface area is 203 Å². The highest BCUT2D eigenvalue weighted by molar-refractivity contribution is 7.99. The molecule has 0 N–H and O–H groups in total. The van der Waals surface area contributed by atoms with E-state index in [1.165, 1.54) is 21.6 Å². The molecule has 0 atom stereocenters. The third-order valence-corrected chi connectivity index (χ3v) is 6.27. The first-order valence-electron chi connectivity index (χ1n) is 10.1. The van der Waals surface area contributed by atoms with Gasteiger partial charge in [-0.2, -0.15) is 13.2 Å². The average molecular weight is 503 g/mol. The summed E-state index contributed by atoms with van der Waals surface area (Å²) in [5.41, 5.74) is 0.638. The van der Waals surface area contributed by atoms with Crippen molar-refractivity contribution in [1.82, 2.24) is 14.8 Å². The fourth-order valence-electron chi connectivity index (χ4n) is 3.25. The van der Waals surface area contributed by atoms with Gasteiger partial charge in [-0.25, -0.2) is 0 Å². The molecule has 0 fully saturated rings. The minimum absolute atomic E-state index is 0.00497. The summed E-state index contributed by atoms with van der Waals surface area (Å²) in [5, 5.41) is 9.01. The van der Waals surface area contributed by atoms with Gasteiger partial charge in [-0.3, -0.25) is 9.36 Å². The molecular formula is C24H18ClF3N4OS. The molecule has 0 saturated heterocycles. The van der Waals surface area contributed by atoms with Crippen LogP contribution in [-0.2, 0) is 11.0 Å². The van der Waals surface area contributed by atoms with E-state index in [0.29, 0.717) is 10.6 Å². The summed E-state index contributed by atoms with van der Waals surface area (Å²) in [5.74, 6) is 0.0794. The third kappa shape index (κ3) is 5.10. The summed E-state index contributed by atoms with van der Waals surface area (Å²) in [7, 11) is 1.66. The van der Waals surface area contributed by atoms with Crippen molar-refractivity contribution >= 4 is 35.0 Å². The van der Waals surface area contributed by atoms with Crippen molar-refractivity contribution < 1.29 is 18.0 Å². The van der Waals surface area contributed by atoms with Gasteiger partial charge in [0, 0.05) is 18.3 Å². The van der Waals surface area contributed by atoms with E-state index in [9.17, 15) is 18.0 Å². The number of nitrogens with zero attached hydrogens (tertiary/aromatic N) is 4. The van der Waals surface area contributed by atoms with Gasteiger partial charge in [0.05, 0.1) is 22.0 Å². The molecule has 174 valence electrons. The predicted molar refractivity (Wildman–Crippen MR) is 127 cm³/mol. The van der Waals surface area contributed by atoms with Crippen LogP contribution in [0.15, 0.2) is 84.0 Å². The number of aromatic nitrogens is 3. The van der Waals surface area contributed by atoms with Crippen molar-refractivity contribution in [3.63, 3.8) is 0 Å². The van der Waals surface area contributed by atoms with Crippen molar-refractivity contribution in [1.29, 1.82) is 0 Å². The molecule has 0 unspecified atom stereocenters. The highest BCUT2D eigenvalue weighted by atomic mass is 35.5. The SMILES string of the molecule is CN(C(=O)CSc1nnc(-c2ccccc2Cl)n1-c1cccc(C(F)(F)F)c1)c1ccccc1. The molecule has 0 saturated carbocycles. The second-order valence-corrected chi connectivity index (χ2v) is 8.60. The van der Waals surface area contributed by atoms with E-state index in [1.807, 2.05) is 30.3 Å². The first kappa shape index (κ1) is 23.8. The molecule has 0 radical (unpaired) electrons. The summed E-state index contributed by atoms with van der Waals surface area (Å²) < 4.78 is 41.6. The molecule has 0 aliphatic carbocycles. The molecule has 34 heavy (non-hydrogen) atoms. The minimum Gasteiger partial charge on any atom is -0.315 e. The largest absolute Gasteiger partial charge is 0.416 e. The smallest absolute Gasteiger partial charge is 0.315 e. The zero-order valence-corrected chi connectivity index (χ0v) is 19.4. The molecule has 4 aromatic rings. The molecule has 10 heteroatoms. The van der Waals surface area contributed by atoms with E-state index in [2.05, 4.69) is 10.2 Å². The van der Waals surface area contributed by atoms with Crippen molar-refractivity contribution in [2.45, 2.75) is 11.3 Å². The van der Waals surface area contributed by atoms with Gasteiger partial charge in [-0.05, 0) is 42.5 Å². The Balaban J connectivity index is 1.71. The Morgan fingerprint density at radius 3 is 2.41 bits per heavy atom. The first-order chi connectivity index (χ1) is 16.3. The van der Waals surface area contributed by atoms with Crippen LogP contribution >= 0.6 is 23.4 Å². The van der Waals surface area contributed by atoms with Crippen LogP contribution in [0.2, 0.25) is 5.02 Å². The number of hydrogen-bond donors (Lipinski definition) is 0. The maximum absolute atomic E-state index is 13.4. The normalized spacial score (nSPS) is 11.4. The molecule has 0 aliphatic heterocycles. The van der Waals surface area contributed by atoms with Crippen molar-refractivity contribution in [2.75, 3.05) is 17.7 Å². The maximum Gasteiger partial charge on any atom is 0.416 e. The van der Waals surface area contributed by atoms with Crippen molar-refractivity contribution in [2.24, 2.45) is 0 Å². The van der Waals surface area contributed by atoms with Gasteiger partial charge in [0.25, 0.3) is 0 Å². The van der Waals surface area contributed by atoms with Gasteiger partial charge in [0.15, 0.2) is 11.0 Å². The summed E-state index contributed by atoms with van der Waals surface area (Å²) in [6.45, 7) is 0. The molecule has 5 nitrogen and oxygen atoms in total. The number of para-hydroxylation sites is 1. The fourth-order valence-corrected chi connectivity index (χ4v) is 4.34. The molecule has 3 aromatic carbocycles. The number of benzene rings is 3. The van der Waals surface area contributed by atoms with Crippen LogP contribution in [0.3, 0.4) is 0 Å². The van der Waals surface area contributed by atoms with Crippen molar-refractivity contribution in [3.8, 4) is 17.1 Å². The monoisotopic (exact) mass is 502 g/mol. The van der Waals surface area contributed by atoms with Crippen LogP contribution in [0.1, 0.15) is 5.56 Å². The highest BCUT2D eigenvalue weighted by Crippen LogP contribution is 2.35. The number of carbonyl (C=O) groups excluding carboxylic acids is 1. The lowest BCUT2D eigenvalue weighted by Crippen LogP contribution is -2.27. The lowest BCUT2D eigenvalue weighted by molar-refractivity contribution is -0.137. The molecule has 1 heterocycles. The van der Waals surface area contributed by atoms with E-state index in [0.717, 1.165) is 29.6 Å². The summed E-state index contributed by atoms with van der Waals surface area (Å²) in [4.78, 5) is 14.3. The number of carbonyl (C=O) groups is 1. The second-order valence-electron chi connectivity index (χ2n) is 7.25. The zero-order chi connectivity index (χ0) is 24.3. The van der Waals surface area contributed by atoms with Gasteiger partial charge < -0.3 is 4.90 Å². The lowest BCUT2D eigenvalue weighted by atomic mass is 10.1. The fraction of sp³-hybridized carbons (Fsp3) is 0.125. The van der Waals surface area contributed by atoms with Crippen LogP contribution in [0, 0.1) is 0 Å². The topological polar surface area (TPSA) is 51.0 Å². The minimum atomic E-state index is -4.52. The number of hydrogen-bond acceptors (Lipinski definition) is 4. The van der Waals surface area contributed by atoms with E-state index in [-0.39, 0.29) is 28.3 Å². The summed E-state index contributed by atoms with van der Waals surface area (Å²) >= 11 is 7.42. The number of anilines is 1. The number of rotatable bonds is 6. The Hall–Kier alpha value is -3.30. The Kier molecular flexibility index (Phi) is 6.95. The van der Waals surface area contributed by atoms with Crippen molar-refractivity contribution in [3.05, 3.63) is 89.4 Å². The van der Waals surface area contributed by atoms with Crippen LogP contribution in [-0.4, -0.2) is 33.5 Å². The summed E-state index contributed by atoms with van der Waals surface area (Å²) in [6.07, 6.45) is -4.52. The Morgan fingerprint density at radius 1 is 1.00 bits per heavy atom. The molecule has 0 aliphatic rings. The highest BCUT2D eigenvalue weighted by Gasteiger charge is 2.31. The molecule has 1 aromatic heterocycles. The second kappa shape index (κ2) is 9.90. The number of halogens is 4. The van der Waals surface area contributed by atoms with E-state index < -0.39 is 11.7 Å². The van der Waals surface area contributed by atoms with E-state index in [4.69, 9.17) is 11.6 Å². The van der Waals surface area contributed by atoms with Crippen LogP contribution < -0.4 is 4.90 Å². The quantitative estimate of drug-likeness (QED) is 0.288. The molecule has 0 bridgehead atoms. The molecular weight excluding hydrogens is 485 g/mol. The van der Waals surface area contributed by atoms with Gasteiger partial charge in [0.1, 0.15) is 0 Å². The number of amides is 1. The van der Waals surface area contributed by atoms with Gasteiger partial charge >= 0.3 is 6.18 Å². The first-order valence-corrected chi connectivity index (χ1v) is 11.4. The van der Waals surface area contributed by atoms with E-state index in [1.54, 1.807) is 31.3 Å². The van der Waals surface area contributed by atoms with Gasteiger partial charge in [-0.15, -0.1) is 10.2 Å². The van der Waals surface area contributed by atoms with Gasteiger partial charge in [0.2, 0.25) is 5.91 Å². The molecule has 4 rings (SSSR count). The Bertz CT molecular complexity index is 1310. The molecule has 1 amide bonds. The van der Waals surface area contributed by atoms with Crippen LogP contribution in [0.5, 0.6) is 0 Å². The predicted octanol–water partition coefficient (Wildman–Crippen LogP) is 6.36.